The van der Waals surface area contributed by atoms with Gasteiger partial charge < -0.3 is 4.98 Å². The van der Waals surface area contributed by atoms with Crippen molar-refractivity contribution in [2.45, 2.75) is 24.8 Å². The van der Waals surface area contributed by atoms with Crippen LogP contribution in [0, 0.1) is 19.3 Å². The molecule has 1 heterocycles. The molecular weight excluding hydrogens is 214 g/mol. The van der Waals surface area contributed by atoms with Gasteiger partial charge >= 0.3 is 0 Å². The Morgan fingerprint density at radius 2 is 2.40 bits per heavy atom. The Morgan fingerprint density at radius 1 is 1.67 bits per heavy atom. The molecule has 0 aromatic carbocycles. The molecule has 0 spiro atoms. The highest BCUT2D eigenvalue weighted by Crippen LogP contribution is 2.04. The highest BCUT2D eigenvalue weighted by molar-refractivity contribution is 7.89. The van der Waals surface area contributed by atoms with Crippen LogP contribution in [-0.4, -0.2) is 24.9 Å². The number of hydrogen-bond acceptors (Lipinski definition) is 3. The first-order valence-electron chi connectivity index (χ1n) is 4.51. The number of unbranched alkanes of at least 4 members (excludes halogenated alkanes) is 1. The zero-order valence-electron chi connectivity index (χ0n) is 8.45. The lowest BCUT2D eigenvalue weighted by atomic mass is 10.3. The normalized spacial score (nSPS) is 11.2. The van der Waals surface area contributed by atoms with Gasteiger partial charge in [-0.1, -0.05) is 0 Å². The number of sulfonamides is 1. The largest absolute Gasteiger partial charge is 0.332 e. The molecule has 1 rings (SSSR count). The smallest absolute Gasteiger partial charge is 0.257 e. The van der Waals surface area contributed by atoms with Crippen molar-refractivity contribution in [1.82, 2.24) is 14.7 Å². The van der Waals surface area contributed by atoms with E-state index in [1.165, 1.54) is 6.20 Å². The molecule has 1 aromatic rings. The summed E-state index contributed by atoms with van der Waals surface area (Å²) in [5.74, 6) is 3.01. The van der Waals surface area contributed by atoms with E-state index in [-0.39, 0.29) is 5.03 Å². The average Bonchev–Trinajstić information content (AvgIpc) is 2.60. The van der Waals surface area contributed by atoms with Crippen molar-refractivity contribution < 1.29 is 8.42 Å². The van der Waals surface area contributed by atoms with Crippen LogP contribution in [0.2, 0.25) is 0 Å². The van der Waals surface area contributed by atoms with Crippen molar-refractivity contribution >= 4 is 10.0 Å². The molecule has 15 heavy (non-hydrogen) atoms. The van der Waals surface area contributed by atoms with Crippen LogP contribution in [0.4, 0.5) is 0 Å². The van der Waals surface area contributed by atoms with Crippen LogP contribution in [0.5, 0.6) is 0 Å². The molecule has 0 aliphatic carbocycles. The Balaban J connectivity index is 2.57. The number of aromatic nitrogens is 2. The fourth-order valence-electron chi connectivity index (χ4n) is 1.01. The summed E-state index contributed by atoms with van der Waals surface area (Å²) >= 11 is 0. The van der Waals surface area contributed by atoms with Crippen molar-refractivity contribution in [3.05, 3.63) is 12.0 Å². The van der Waals surface area contributed by atoms with Crippen molar-refractivity contribution in [2.75, 3.05) is 6.54 Å². The first-order valence-corrected chi connectivity index (χ1v) is 5.99. The van der Waals surface area contributed by atoms with Crippen molar-refractivity contribution in [2.24, 2.45) is 0 Å². The zero-order chi connectivity index (χ0) is 11.3. The van der Waals surface area contributed by atoms with Crippen LogP contribution in [0.1, 0.15) is 18.7 Å². The van der Waals surface area contributed by atoms with Gasteiger partial charge in [0.2, 0.25) is 0 Å². The van der Waals surface area contributed by atoms with Gasteiger partial charge in [-0.05, 0) is 13.3 Å². The maximum Gasteiger partial charge on any atom is 0.257 e. The van der Waals surface area contributed by atoms with Gasteiger partial charge in [0, 0.05) is 13.0 Å². The van der Waals surface area contributed by atoms with Crippen LogP contribution in [0.3, 0.4) is 0 Å². The summed E-state index contributed by atoms with van der Waals surface area (Å²) in [5, 5.41) is 0.0840. The molecule has 82 valence electrons. The van der Waals surface area contributed by atoms with E-state index in [1.807, 2.05) is 0 Å². The van der Waals surface area contributed by atoms with Crippen molar-refractivity contribution in [1.29, 1.82) is 0 Å². The van der Waals surface area contributed by atoms with Crippen molar-refractivity contribution in [3.63, 3.8) is 0 Å². The Labute approximate surface area is 89.4 Å². The van der Waals surface area contributed by atoms with Gasteiger partial charge in [0.1, 0.15) is 5.82 Å². The van der Waals surface area contributed by atoms with Crippen molar-refractivity contribution in [3.8, 4) is 12.3 Å². The van der Waals surface area contributed by atoms with Gasteiger partial charge in [-0.3, -0.25) is 0 Å². The van der Waals surface area contributed by atoms with E-state index in [0.29, 0.717) is 25.2 Å². The molecule has 0 saturated heterocycles. The first-order chi connectivity index (χ1) is 7.06. The molecule has 1 aromatic heterocycles. The summed E-state index contributed by atoms with van der Waals surface area (Å²) in [6.07, 6.45) is 7.53. The number of aromatic amines is 1. The summed E-state index contributed by atoms with van der Waals surface area (Å²) in [4.78, 5) is 6.48. The van der Waals surface area contributed by atoms with E-state index in [1.54, 1.807) is 6.92 Å². The maximum atomic E-state index is 11.6. The molecule has 0 aliphatic rings. The van der Waals surface area contributed by atoms with E-state index < -0.39 is 10.0 Å². The standard InChI is InChI=1S/C9H13N3O2S/c1-3-4-5-6-11-15(13,14)9-7-10-8(2)12-9/h1,7,11H,4-6H2,2H3,(H,10,12). The second kappa shape index (κ2) is 4.96. The first kappa shape index (κ1) is 11.8. The van der Waals surface area contributed by atoms with Gasteiger partial charge in [-0.25, -0.2) is 18.1 Å². The summed E-state index contributed by atoms with van der Waals surface area (Å²) < 4.78 is 25.6. The minimum atomic E-state index is -3.46. The molecule has 0 bridgehead atoms. The number of terminal acetylenes is 1. The molecule has 0 unspecified atom stereocenters. The minimum absolute atomic E-state index is 0.0840. The molecule has 0 fully saturated rings. The third-order valence-electron chi connectivity index (χ3n) is 1.76. The molecule has 2 N–H and O–H groups in total. The van der Waals surface area contributed by atoms with E-state index in [4.69, 9.17) is 6.42 Å². The highest BCUT2D eigenvalue weighted by atomic mass is 32.2. The Hall–Kier alpha value is -1.32. The molecular formula is C9H13N3O2S. The molecule has 0 radical (unpaired) electrons. The van der Waals surface area contributed by atoms with Gasteiger partial charge in [0.15, 0.2) is 5.03 Å². The third kappa shape index (κ3) is 3.38. The Kier molecular flexibility index (Phi) is 3.88. The fraction of sp³-hybridized carbons (Fsp3) is 0.444. The number of H-pyrrole nitrogens is 1. The second-order valence-electron chi connectivity index (χ2n) is 3.04. The highest BCUT2D eigenvalue weighted by Gasteiger charge is 2.14. The molecule has 0 aliphatic heterocycles. The van der Waals surface area contributed by atoms with Gasteiger partial charge in [0.05, 0.1) is 6.20 Å². The van der Waals surface area contributed by atoms with E-state index in [0.717, 1.165) is 0 Å². The molecule has 5 nitrogen and oxygen atoms in total. The van der Waals surface area contributed by atoms with Crippen LogP contribution < -0.4 is 4.72 Å². The third-order valence-corrected chi connectivity index (χ3v) is 3.13. The topological polar surface area (TPSA) is 74.8 Å². The summed E-state index contributed by atoms with van der Waals surface area (Å²) in [6.45, 7) is 2.03. The van der Waals surface area contributed by atoms with Gasteiger partial charge in [-0.2, -0.15) is 0 Å². The molecule has 6 heteroatoms. The van der Waals surface area contributed by atoms with E-state index in [2.05, 4.69) is 20.6 Å². The predicted molar refractivity (Wildman–Crippen MR) is 56.6 cm³/mol. The SMILES string of the molecule is C#CCCCNS(=O)(=O)c1cnc(C)[nH]1. The number of rotatable bonds is 5. The predicted octanol–water partition coefficient (Wildman–Crippen LogP) is 0.410. The monoisotopic (exact) mass is 227 g/mol. The second-order valence-corrected chi connectivity index (χ2v) is 4.77. The fourth-order valence-corrected chi connectivity index (χ4v) is 2.05. The van der Waals surface area contributed by atoms with Crippen LogP contribution >= 0.6 is 0 Å². The lowest BCUT2D eigenvalue weighted by molar-refractivity contribution is 0.576. The minimum Gasteiger partial charge on any atom is -0.332 e. The molecule has 0 atom stereocenters. The van der Waals surface area contributed by atoms with E-state index in [9.17, 15) is 8.42 Å². The lowest BCUT2D eigenvalue weighted by Crippen LogP contribution is -2.25. The number of hydrogen-bond donors (Lipinski definition) is 2. The molecule has 0 saturated carbocycles. The van der Waals surface area contributed by atoms with Crippen LogP contribution in [0.15, 0.2) is 11.2 Å². The average molecular weight is 227 g/mol. The Bertz CT molecular complexity index is 456. The Morgan fingerprint density at radius 3 is 2.93 bits per heavy atom. The summed E-state index contributed by atoms with van der Waals surface area (Å²) in [6, 6.07) is 0. The van der Waals surface area contributed by atoms with E-state index >= 15 is 0 Å². The zero-order valence-corrected chi connectivity index (χ0v) is 9.26. The summed E-state index contributed by atoms with van der Waals surface area (Å²) in [5.41, 5.74) is 0. The van der Waals surface area contributed by atoms with Gasteiger partial charge in [0.25, 0.3) is 10.0 Å². The maximum absolute atomic E-state index is 11.6. The number of aryl methyl sites for hydroxylation is 1. The van der Waals surface area contributed by atoms with Gasteiger partial charge in [-0.15, -0.1) is 12.3 Å². The lowest BCUT2D eigenvalue weighted by Gasteiger charge is -2.02. The van der Waals surface area contributed by atoms with Crippen LogP contribution in [0.25, 0.3) is 0 Å². The number of nitrogens with zero attached hydrogens (tertiary/aromatic N) is 1. The number of nitrogens with one attached hydrogen (secondary N) is 2. The summed E-state index contributed by atoms with van der Waals surface area (Å²) in [7, 11) is -3.46. The molecule has 0 amide bonds. The van der Waals surface area contributed by atoms with Crippen LogP contribution in [-0.2, 0) is 10.0 Å². The number of imidazole rings is 1. The quantitative estimate of drug-likeness (QED) is 0.565.